The van der Waals surface area contributed by atoms with E-state index in [2.05, 4.69) is 5.10 Å². The third kappa shape index (κ3) is 6.46. The molecule has 0 saturated heterocycles. The molecule has 3 N–H and O–H groups in total. The molecular weight excluding hydrogens is 602 g/mol. The second-order valence-corrected chi connectivity index (χ2v) is 11.9. The molecule has 0 bridgehead atoms. The van der Waals surface area contributed by atoms with Gasteiger partial charge in [-0.2, -0.15) is 5.10 Å². The summed E-state index contributed by atoms with van der Waals surface area (Å²) in [7, 11) is 3.05. The van der Waals surface area contributed by atoms with Crippen molar-refractivity contribution < 1.29 is 39.1 Å². The lowest BCUT2D eigenvalue weighted by Gasteiger charge is -2.32. The maximum absolute atomic E-state index is 14.4. The number of aliphatic hydroxyl groups excluding tert-OH is 1. The van der Waals surface area contributed by atoms with Gasteiger partial charge < -0.3 is 34.4 Å². The number of carboxylic acid groups (broad SMARTS) is 1. The van der Waals surface area contributed by atoms with Crippen LogP contribution in [0, 0.1) is 5.41 Å². The Labute approximate surface area is 265 Å². The van der Waals surface area contributed by atoms with Gasteiger partial charge in [-0.25, -0.2) is 9.48 Å². The summed E-state index contributed by atoms with van der Waals surface area (Å²) in [6.45, 7) is 3.72. The van der Waals surface area contributed by atoms with Crippen molar-refractivity contribution >= 4 is 29.2 Å². The fourth-order valence-electron chi connectivity index (χ4n) is 5.35. The molecule has 1 aromatic heterocycles. The van der Waals surface area contributed by atoms with Gasteiger partial charge in [-0.1, -0.05) is 37.6 Å². The molecule has 0 unspecified atom stereocenters. The van der Waals surface area contributed by atoms with Crippen LogP contribution < -0.4 is 14.4 Å². The molecule has 0 radical (unpaired) electrons. The molecule has 0 saturated carbocycles. The molecule has 4 aromatic rings. The van der Waals surface area contributed by atoms with Gasteiger partial charge in [-0.15, -0.1) is 0 Å². The molecule has 1 aliphatic heterocycles. The molecule has 0 aliphatic carbocycles. The number of aromatic nitrogens is 2. The number of aromatic hydroxyl groups is 1. The first-order chi connectivity index (χ1) is 21.5. The number of ether oxygens (including phenoxy) is 3. The summed E-state index contributed by atoms with van der Waals surface area (Å²) in [5.41, 5.74) is 2.01. The fraction of sp³-hybridized carbons (Fsp3) is 0.303. The number of carbonyl (C=O) groups is 2. The molecule has 2 atom stereocenters. The van der Waals surface area contributed by atoms with Crippen molar-refractivity contribution in [1.29, 1.82) is 0 Å². The largest absolute Gasteiger partial charge is 0.493 e. The number of hydrogen-bond donors (Lipinski definition) is 3. The van der Waals surface area contributed by atoms with E-state index >= 15 is 0 Å². The van der Waals surface area contributed by atoms with Crippen LogP contribution in [0.25, 0.3) is 5.69 Å². The van der Waals surface area contributed by atoms with Crippen LogP contribution in [0.3, 0.4) is 0 Å². The molecular formula is C33H34ClN3O8. The third-order valence-electron chi connectivity index (χ3n) is 7.63. The summed E-state index contributed by atoms with van der Waals surface area (Å²) in [5, 5.41) is 35.1. The molecule has 1 amide bonds. The average Bonchev–Trinajstić information content (AvgIpc) is 3.36. The van der Waals surface area contributed by atoms with Gasteiger partial charge in [0.05, 0.1) is 31.2 Å². The van der Waals surface area contributed by atoms with Crippen molar-refractivity contribution in [2.45, 2.75) is 32.5 Å². The topological polar surface area (TPSA) is 144 Å². The Morgan fingerprint density at radius 1 is 1.04 bits per heavy atom. The van der Waals surface area contributed by atoms with Crippen LogP contribution in [0.5, 0.6) is 17.4 Å². The van der Waals surface area contributed by atoms with Crippen molar-refractivity contribution in [2.24, 2.45) is 5.41 Å². The lowest BCUT2D eigenvalue weighted by molar-refractivity contribution is -0.132. The zero-order valence-corrected chi connectivity index (χ0v) is 26.0. The number of carbonyl (C=O) groups excluding carboxylic acids is 1. The summed E-state index contributed by atoms with van der Waals surface area (Å²) >= 11 is 6.50. The highest BCUT2D eigenvalue weighted by Crippen LogP contribution is 2.45. The average molecular weight is 636 g/mol. The minimum Gasteiger partial charge on any atom is -0.493 e. The van der Waals surface area contributed by atoms with E-state index in [0.717, 1.165) is 0 Å². The smallest absolute Gasteiger partial charge is 0.335 e. The molecule has 5 rings (SSSR count). The zero-order chi connectivity index (χ0) is 32.5. The zero-order valence-electron chi connectivity index (χ0n) is 25.2. The normalized spacial score (nSPS) is 16.7. The number of halogens is 1. The molecule has 236 valence electrons. The predicted octanol–water partition coefficient (Wildman–Crippen LogP) is 5.03. The number of aromatic carboxylic acids is 1. The summed E-state index contributed by atoms with van der Waals surface area (Å²) in [6, 6.07) is 17.9. The van der Waals surface area contributed by atoms with Crippen LogP contribution in [-0.4, -0.2) is 70.5 Å². The molecule has 11 nitrogen and oxygen atoms in total. The monoisotopic (exact) mass is 635 g/mol. The lowest BCUT2D eigenvalue weighted by Crippen LogP contribution is -2.46. The quantitative estimate of drug-likeness (QED) is 0.219. The minimum atomic E-state index is -1.09. The third-order valence-corrected chi connectivity index (χ3v) is 7.86. The van der Waals surface area contributed by atoms with E-state index in [9.17, 15) is 24.9 Å². The summed E-state index contributed by atoms with van der Waals surface area (Å²) < 4.78 is 19.2. The lowest BCUT2D eigenvalue weighted by atomic mass is 9.92. The number of nitrogens with zero attached hydrogens (tertiary/aromatic N) is 3. The minimum absolute atomic E-state index is 0.0207. The van der Waals surface area contributed by atoms with Crippen molar-refractivity contribution in [1.82, 2.24) is 9.78 Å². The summed E-state index contributed by atoms with van der Waals surface area (Å²) in [4.78, 5) is 27.3. The Morgan fingerprint density at radius 2 is 1.78 bits per heavy atom. The fourth-order valence-corrected chi connectivity index (χ4v) is 5.53. The van der Waals surface area contributed by atoms with Crippen LogP contribution >= 0.6 is 11.6 Å². The Balaban J connectivity index is 1.61. The Morgan fingerprint density at radius 3 is 2.42 bits per heavy atom. The Hall–Kier alpha value is -4.58. The standard InChI is InChI=1S/C33H34ClN3O8/c1-33(2,18-38)17-36-25-13-10-20(34)14-24(25)29(23-6-5-7-26(43-3)30(23)44-4)45-27(31(36)40)15-21-16-28(39)37(35-21)22-11-8-19(9-12-22)32(41)42/h5-14,16,27,29,38-39H,15,17-18H2,1-4H3,(H,41,42)/t27-,29-/m1/s1. The van der Waals surface area contributed by atoms with Gasteiger partial charge in [0, 0.05) is 52.9 Å². The SMILES string of the molecule is COc1cccc([C@H]2O[C@H](Cc3cc(O)n(-c4ccc(C(=O)O)cc4)n3)C(=O)N(CC(C)(C)CO)c3ccc(Cl)cc32)c1OC. The number of fused-ring (bicyclic) bond motifs is 1. The van der Waals surface area contributed by atoms with Crippen LogP contribution in [-0.2, 0) is 16.0 Å². The predicted molar refractivity (Wildman–Crippen MR) is 167 cm³/mol. The molecule has 45 heavy (non-hydrogen) atoms. The Kier molecular flexibility index (Phi) is 9.06. The van der Waals surface area contributed by atoms with Crippen LogP contribution in [0.2, 0.25) is 5.02 Å². The first-order valence-electron chi connectivity index (χ1n) is 14.2. The number of para-hydroxylation sites is 1. The number of amides is 1. The van der Waals surface area contributed by atoms with Crippen molar-refractivity contribution in [3.05, 3.63) is 94.1 Å². The molecule has 1 aliphatic rings. The number of aliphatic hydroxyl groups is 1. The highest BCUT2D eigenvalue weighted by atomic mass is 35.5. The second-order valence-electron chi connectivity index (χ2n) is 11.5. The number of methoxy groups -OCH3 is 2. The maximum Gasteiger partial charge on any atom is 0.335 e. The first kappa shape index (κ1) is 31.8. The molecule has 2 heterocycles. The molecule has 12 heteroatoms. The second kappa shape index (κ2) is 12.8. The van der Waals surface area contributed by atoms with E-state index in [-0.39, 0.29) is 36.9 Å². The van der Waals surface area contributed by atoms with E-state index in [1.807, 2.05) is 19.9 Å². The van der Waals surface area contributed by atoms with Crippen LogP contribution in [0.1, 0.15) is 47.1 Å². The molecule has 0 spiro atoms. The summed E-state index contributed by atoms with van der Waals surface area (Å²) in [6.07, 6.45) is -1.95. The number of benzene rings is 3. The van der Waals surface area contributed by atoms with E-state index in [1.54, 1.807) is 35.2 Å². The van der Waals surface area contributed by atoms with E-state index in [0.29, 0.717) is 44.7 Å². The van der Waals surface area contributed by atoms with Gasteiger partial charge in [-0.05, 0) is 48.5 Å². The molecule has 3 aromatic carbocycles. The summed E-state index contributed by atoms with van der Waals surface area (Å²) in [5.74, 6) is -0.740. The van der Waals surface area contributed by atoms with E-state index < -0.39 is 23.6 Å². The van der Waals surface area contributed by atoms with E-state index in [1.165, 1.54) is 49.2 Å². The van der Waals surface area contributed by atoms with Gasteiger partial charge in [0.25, 0.3) is 5.91 Å². The van der Waals surface area contributed by atoms with Gasteiger partial charge in [0.15, 0.2) is 11.5 Å². The van der Waals surface area contributed by atoms with Crippen LogP contribution in [0.4, 0.5) is 5.69 Å². The van der Waals surface area contributed by atoms with Crippen molar-refractivity contribution in [3.63, 3.8) is 0 Å². The maximum atomic E-state index is 14.4. The Bertz CT molecular complexity index is 1720. The van der Waals surface area contributed by atoms with Gasteiger partial charge in [0.1, 0.15) is 12.2 Å². The highest BCUT2D eigenvalue weighted by Gasteiger charge is 2.40. The van der Waals surface area contributed by atoms with Crippen molar-refractivity contribution in [3.8, 4) is 23.1 Å². The first-order valence-corrected chi connectivity index (χ1v) is 14.5. The van der Waals surface area contributed by atoms with Crippen LogP contribution in [0.15, 0.2) is 66.7 Å². The number of carboxylic acids is 1. The number of hydrogen-bond acceptors (Lipinski definition) is 8. The van der Waals surface area contributed by atoms with Gasteiger partial charge in [-0.3, -0.25) is 4.79 Å². The van der Waals surface area contributed by atoms with Gasteiger partial charge in [0.2, 0.25) is 5.88 Å². The van der Waals surface area contributed by atoms with Crippen molar-refractivity contribution in [2.75, 3.05) is 32.3 Å². The van der Waals surface area contributed by atoms with Gasteiger partial charge >= 0.3 is 5.97 Å². The number of rotatable bonds is 10. The highest BCUT2D eigenvalue weighted by molar-refractivity contribution is 6.30. The molecule has 0 fully saturated rings. The van der Waals surface area contributed by atoms with E-state index in [4.69, 9.17) is 25.8 Å². The number of anilines is 1.